The van der Waals surface area contributed by atoms with E-state index in [1.54, 1.807) is 0 Å². The van der Waals surface area contributed by atoms with Gasteiger partial charge in [-0.05, 0) is 95.9 Å². The molecule has 0 N–H and O–H groups in total. The predicted octanol–water partition coefficient (Wildman–Crippen LogP) is 11.0. The molecule has 206 valence electrons. The number of rotatable bonds is 2. The van der Waals surface area contributed by atoms with Gasteiger partial charge >= 0.3 is 0 Å². The van der Waals surface area contributed by atoms with Crippen molar-refractivity contribution in [3.63, 3.8) is 0 Å². The summed E-state index contributed by atoms with van der Waals surface area (Å²) in [5.74, 6) is 1.72. The summed E-state index contributed by atoms with van der Waals surface area (Å²) in [7, 11) is 0. The highest BCUT2D eigenvalue weighted by molar-refractivity contribution is 6.13. The van der Waals surface area contributed by atoms with Gasteiger partial charge in [0.1, 0.15) is 0 Å². The normalized spacial score (nSPS) is 14.3. The minimum Gasteiger partial charge on any atom is -0.453 e. The number of para-hydroxylation sites is 4. The van der Waals surface area contributed by atoms with E-state index in [1.807, 2.05) is 24.3 Å². The minimum absolute atomic E-state index is 0.0713. The lowest BCUT2D eigenvalue weighted by atomic mass is 9.82. The minimum atomic E-state index is -0.0713. The van der Waals surface area contributed by atoms with Crippen LogP contribution in [0.3, 0.4) is 0 Å². The van der Waals surface area contributed by atoms with Crippen molar-refractivity contribution in [3.8, 4) is 28.3 Å². The predicted molar refractivity (Wildman–Crippen MR) is 178 cm³/mol. The number of anilines is 3. The number of aryl methyl sites for hydroxylation is 1. The van der Waals surface area contributed by atoms with Gasteiger partial charge in [0.25, 0.3) is 0 Å². The van der Waals surface area contributed by atoms with E-state index in [0.717, 1.165) is 28.6 Å². The maximum absolute atomic E-state index is 6.32. The van der Waals surface area contributed by atoms with Crippen LogP contribution in [-0.4, -0.2) is 4.57 Å². The Labute approximate surface area is 251 Å². The third-order valence-corrected chi connectivity index (χ3v) is 9.43. The molecule has 0 saturated carbocycles. The largest absolute Gasteiger partial charge is 0.453 e. The number of ether oxygens (including phenoxy) is 1. The first-order valence-corrected chi connectivity index (χ1v) is 14.9. The molecule has 3 heteroatoms. The molecule has 2 aliphatic rings. The van der Waals surface area contributed by atoms with Crippen LogP contribution in [0, 0.1) is 6.92 Å². The second kappa shape index (κ2) is 8.62. The molecule has 1 aromatic heterocycles. The Kier molecular flexibility index (Phi) is 4.88. The van der Waals surface area contributed by atoms with Crippen molar-refractivity contribution in [2.45, 2.75) is 26.2 Å². The first kappa shape index (κ1) is 24.3. The maximum atomic E-state index is 6.32. The van der Waals surface area contributed by atoms with Crippen LogP contribution < -0.4 is 9.64 Å². The zero-order valence-electron chi connectivity index (χ0n) is 24.4. The summed E-state index contributed by atoms with van der Waals surface area (Å²) in [6.45, 7) is 6.86. The monoisotopic (exact) mass is 554 g/mol. The van der Waals surface area contributed by atoms with Crippen molar-refractivity contribution < 1.29 is 4.74 Å². The van der Waals surface area contributed by atoms with Gasteiger partial charge in [0.2, 0.25) is 0 Å². The van der Waals surface area contributed by atoms with E-state index in [2.05, 4.69) is 133 Å². The van der Waals surface area contributed by atoms with Crippen LogP contribution in [0.15, 0.2) is 127 Å². The Morgan fingerprint density at radius 3 is 1.91 bits per heavy atom. The molecule has 0 unspecified atom stereocenters. The molecule has 7 aromatic rings. The van der Waals surface area contributed by atoms with Gasteiger partial charge in [0, 0.05) is 27.6 Å². The van der Waals surface area contributed by atoms with E-state index in [4.69, 9.17) is 4.74 Å². The summed E-state index contributed by atoms with van der Waals surface area (Å²) in [6.07, 6.45) is 0. The van der Waals surface area contributed by atoms with E-state index in [0.29, 0.717) is 0 Å². The molecule has 0 radical (unpaired) electrons. The molecule has 2 heterocycles. The van der Waals surface area contributed by atoms with Gasteiger partial charge in [-0.25, -0.2) is 0 Å². The van der Waals surface area contributed by atoms with Gasteiger partial charge in [0.05, 0.1) is 22.4 Å². The van der Waals surface area contributed by atoms with Crippen molar-refractivity contribution in [1.29, 1.82) is 0 Å². The van der Waals surface area contributed by atoms with Crippen molar-refractivity contribution in [2.24, 2.45) is 0 Å². The molecule has 3 nitrogen and oxygen atoms in total. The van der Waals surface area contributed by atoms with Crippen molar-refractivity contribution in [2.75, 3.05) is 4.90 Å². The zero-order chi connectivity index (χ0) is 28.9. The summed E-state index contributed by atoms with van der Waals surface area (Å²) in [6, 6.07) is 46.1. The Morgan fingerprint density at radius 2 is 1.16 bits per heavy atom. The molecule has 0 atom stereocenters. The van der Waals surface area contributed by atoms with Crippen molar-refractivity contribution >= 4 is 38.9 Å². The molecule has 0 bridgehead atoms. The first-order chi connectivity index (χ1) is 21.0. The van der Waals surface area contributed by atoms with E-state index in [-0.39, 0.29) is 5.41 Å². The van der Waals surface area contributed by atoms with Crippen LogP contribution in [0.4, 0.5) is 17.1 Å². The van der Waals surface area contributed by atoms with Crippen LogP contribution in [0.25, 0.3) is 38.6 Å². The summed E-state index contributed by atoms with van der Waals surface area (Å²) in [4.78, 5) is 2.33. The third-order valence-electron chi connectivity index (χ3n) is 9.43. The number of aromatic nitrogens is 1. The second-order valence-corrected chi connectivity index (χ2v) is 12.3. The van der Waals surface area contributed by atoms with Crippen LogP contribution >= 0.6 is 0 Å². The third kappa shape index (κ3) is 3.36. The average Bonchev–Trinajstić information content (AvgIpc) is 3.47. The molecule has 6 aromatic carbocycles. The van der Waals surface area contributed by atoms with Gasteiger partial charge in [-0.1, -0.05) is 80.1 Å². The molecule has 1 aliphatic heterocycles. The molecule has 0 spiro atoms. The van der Waals surface area contributed by atoms with Crippen LogP contribution in [0.1, 0.15) is 30.5 Å². The second-order valence-electron chi connectivity index (χ2n) is 12.3. The lowest BCUT2D eigenvalue weighted by Crippen LogP contribution is -2.15. The Morgan fingerprint density at radius 1 is 0.535 bits per heavy atom. The Balaban J connectivity index is 1.36. The van der Waals surface area contributed by atoms with Crippen LogP contribution in [0.2, 0.25) is 0 Å². The molecule has 1 aliphatic carbocycles. The number of fused-ring (bicyclic) bond motifs is 8. The van der Waals surface area contributed by atoms with Crippen LogP contribution in [-0.2, 0) is 5.41 Å². The standard InChI is InChI=1S/C40H30N2O/c1-25-16-18-26(19-17-25)41-34-21-20-27(42-35-12-6-8-14-38(35)43-39-15-9-7-13-36(39)42)22-30(34)31-23-33-29(24-37(31)41)28-10-4-5-11-32(28)40(33,2)3/h4-24H,1-3H3. The summed E-state index contributed by atoms with van der Waals surface area (Å²) in [5, 5.41) is 2.51. The summed E-state index contributed by atoms with van der Waals surface area (Å²) in [5.41, 5.74) is 13.4. The number of benzene rings is 6. The van der Waals surface area contributed by atoms with Gasteiger partial charge < -0.3 is 14.2 Å². The van der Waals surface area contributed by atoms with Crippen LogP contribution in [0.5, 0.6) is 11.5 Å². The fourth-order valence-corrected chi connectivity index (χ4v) is 7.30. The molecule has 43 heavy (non-hydrogen) atoms. The molecule has 0 amide bonds. The highest BCUT2D eigenvalue weighted by Gasteiger charge is 2.36. The molecular formula is C40H30N2O. The lowest BCUT2D eigenvalue weighted by molar-refractivity contribution is 0.477. The maximum Gasteiger partial charge on any atom is 0.151 e. The van der Waals surface area contributed by atoms with Gasteiger partial charge in [-0.3, -0.25) is 0 Å². The quantitative estimate of drug-likeness (QED) is 0.211. The van der Waals surface area contributed by atoms with E-state index in [9.17, 15) is 0 Å². The average molecular weight is 555 g/mol. The lowest BCUT2D eigenvalue weighted by Gasteiger charge is -2.32. The fourth-order valence-electron chi connectivity index (χ4n) is 7.30. The summed E-state index contributed by atoms with van der Waals surface area (Å²) < 4.78 is 8.75. The Hall–Kier alpha value is -5.28. The fraction of sp³-hybridized carbons (Fsp3) is 0.100. The zero-order valence-corrected chi connectivity index (χ0v) is 24.4. The van der Waals surface area contributed by atoms with E-state index in [1.165, 1.54) is 55.3 Å². The van der Waals surface area contributed by atoms with Gasteiger partial charge in [0.15, 0.2) is 11.5 Å². The molecular weight excluding hydrogens is 524 g/mol. The number of hydrogen-bond donors (Lipinski definition) is 0. The van der Waals surface area contributed by atoms with Gasteiger partial charge in [-0.15, -0.1) is 0 Å². The SMILES string of the molecule is Cc1ccc(-n2c3ccc(N4c5ccccc5Oc5ccccc54)cc3c3cc4c(cc32)-c2ccccc2C4(C)C)cc1. The highest BCUT2D eigenvalue weighted by atomic mass is 16.5. The summed E-state index contributed by atoms with van der Waals surface area (Å²) >= 11 is 0. The molecule has 0 fully saturated rings. The Bertz CT molecular complexity index is 2210. The molecule has 9 rings (SSSR count). The van der Waals surface area contributed by atoms with E-state index < -0.39 is 0 Å². The molecule has 0 saturated heterocycles. The number of nitrogens with zero attached hydrogens (tertiary/aromatic N) is 2. The van der Waals surface area contributed by atoms with E-state index >= 15 is 0 Å². The number of hydrogen-bond acceptors (Lipinski definition) is 2. The van der Waals surface area contributed by atoms with Crippen molar-refractivity contribution in [3.05, 3.63) is 144 Å². The first-order valence-electron chi connectivity index (χ1n) is 14.9. The van der Waals surface area contributed by atoms with Gasteiger partial charge in [-0.2, -0.15) is 0 Å². The highest BCUT2D eigenvalue weighted by Crippen LogP contribution is 2.53. The van der Waals surface area contributed by atoms with Crippen molar-refractivity contribution in [1.82, 2.24) is 4.57 Å². The smallest absolute Gasteiger partial charge is 0.151 e. The topological polar surface area (TPSA) is 17.4 Å².